The SMILES string of the molecule is CCOC(=O)COCC1CCCCC1. The van der Waals surface area contributed by atoms with Gasteiger partial charge in [-0.3, -0.25) is 0 Å². The molecule has 0 unspecified atom stereocenters. The molecule has 0 bridgehead atoms. The Labute approximate surface area is 85.8 Å². The van der Waals surface area contributed by atoms with Crippen molar-refractivity contribution in [3.63, 3.8) is 0 Å². The highest BCUT2D eigenvalue weighted by molar-refractivity contribution is 5.70. The Morgan fingerprint density at radius 2 is 2.00 bits per heavy atom. The zero-order valence-electron chi connectivity index (χ0n) is 8.96. The molecule has 14 heavy (non-hydrogen) atoms. The van der Waals surface area contributed by atoms with Crippen LogP contribution in [0.25, 0.3) is 0 Å². The van der Waals surface area contributed by atoms with Crippen molar-refractivity contribution in [1.82, 2.24) is 0 Å². The molecule has 0 aliphatic heterocycles. The third-order valence-corrected chi connectivity index (χ3v) is 2.60. The number of hydrogen-bond acceptors (Lipinski definition) is 3. The van der Waals surface area contributed by atoms with Crippen LogP contribution in [0.5, 0.6) is 0 Å². The van der Waals surface area contributed by atoms with E-state index in [0.717, 1.165) is 6.61 Å². The summed E-state index contributed by atoms with van der Waals surface area (Å²) in [5, 5.41) is 0. The van der Waals surface area contributed by atoms with Gasteiger partial charge in [-0.25, -0.2) is 4.79 Å². The van der Waals surface area contributed by atoms with Crippen molar-refractivity contribution in [3.05, 3.63) is 0 Å². The molecule has 82 valence electrons. The molecule has 0 saturated heterocycles. The first-order chi connectivity index (χ1) is 6.83. The molecule has 0 heterocycles. The highest BCUT2D eigenvalue weighted by Crippen LogP contribution is 2.23. The van der Waals surface area contributed by atoms with E-state index in [1.807, 2.05) is 0 Å². The van der Waals surface area contributed by atoms with Crippen molar-refractivity contribution >= 4 is 5.97 Å². The van der Waals surface area contributed by atoms with Crippen LogP contribution in [0.15, 0.2) is 0 Å². The normalized spacial score (nSPS) is 18.1. The van der Waals surface area contributed by atoms with E-state index in [9.17, 15) is 4.79 Å². The van der Waals surface area contributed by atoms with E-state index in [2.05, 4.69) is 0 Å². The number of esters is 1. The maximum atomic E-state index is 10.9. The maximum Gasteiger partial charge on any atom is 0.332 e. The summed E-state index contributed by atoms with van der Waals surface area (Å²) in [5.41, 5.74) is 0. The monoisotopic (exact) mass is 200 g/mol. The summed E-state index contributed by atoms with van der Waals surface area (Å²) < 4.78 is 10.1. The smallest absolute Gasteiger partial charge is 0.332 e. The second kappa shape index (κ2) is 6.82. The molecule has 1 aliphatic carbocycles. The van der Waals surface area contributed by atoms with Crippen molar-refractivity contribution in [2.45, 2.75) is 39.0 Å². The zero-order valence-corrected chi connectivity index (χ0v) is 8.96. The Morgan fingerprint density at radius 1 is 1.29 bits per heavy atom. The summed E-state index contributed by atoms with van der Waals surface area (Å²) in [5.74, 6) is 0.418. The first-order valence-electron chi connectivity index (χ1n) is 5.56. The summed E-state index contributed by atoms with van der Waals surface area (Å²) in [7, 11) is 0. The fraction of sp³-hybridized carbons (Fsp3) is 0.909. The first-order valence-corrected chi connectivity index (χ1v) is 5.56. The predicted molar refractivity (Wildman–Crippen MR) is 54.0 cm³/mol. The van der Waals surface area contributed by atoms with Crippen molar-refractivity contribution in [1.29, 1.82) is 0 Å². The summed E-state index contributed by atoms with van der Waals surface area (Å²) in [6, 6.07) is 0. The average Bonchev–Trinajstić information content (AvgIpc) is 2.20. The van der Waals surface area contributed by atoms with Crippen LogP contribution >= 0.6 is 0 Å². The molecule has 0 spiro atoms. The van der Waals surface area contributed by atoms with Crippen molar-refractivity contribution in [3.8, 4) is 0 Å². The second-order valence-electron chi connectivity index (χ2n) is 3.82. The quantitative estimate of drug-likeness (QED) is 0.638. The molecule has 0 aromatic heterocycles. The molecular weight excluding hydrogens is 180 g/mol. The third kappa shape index (κ3) is 4.61. The maximum absolute atomic E-state index is 10.9. The molecule has 0 amide bonds. The fourth-order valence-corrected chi connectivity index (χ4v) is 1.87. The number of hydrogen-bond donors (Lipinski definition) is 0. The summed E-state index contributed by atoms with van der Waals surface area (Å²) in [6.45, 7) is 3.08. The van der Waals surface area contributed by atoms with Crippen LogP contribution in [0.1, 0.15) is 39.0 Å². The minimum Gasteiger partial charge on any atom is -0.464 e. The molecule has 0 aromatic rings. The van der Waals surface area contributed by atoms with Crippen molar-refractivity contribution < 1.29 is 14.3 Å². The Balaban J connectivity index is 1.99. The fourth-order valence-electron chi connectivity index (χ4n) is 1.87. The first kappa shape index (κ1) is 11.5. The molecular formula is C11H20O3. The molecule has 1 saturated carbocycles. The molecule has 1 fully saturated rings. The lowest BCUT2D eigenvalue weighted by Crippen LogP contribution is -2.18. The van der Waals surface area contributed by atoms with Gasteiger partial charge in [0.2, 0.25) is 0 Å². The van der Waals surface area contributed by atoms with E-state index in [-0.39, 0.29) is 12.6 Å². The van der Waals surface area contributed by atoms with Gasteiger partial charge in [0, 0.05) is 0 Å². The molecule has 0 atom stereocenters. The van der Waals surface area contributed by atoms with Crippen LogP contribution in [-0.4, -0.2) is 25.8 Å². The molecule has 1 aliphatic rings. The summed E-state index contributed by atoms with van der Waals surface area (Å²) in [4.78, 5) is 10.9. The lowest BCUT2D eigenvalue weighted by atomic mass is 9.90. The van der Waals surface area contributed by atoms with E-state index in [1.54, 1.807) is 6.92 Å². The van der Waals surface area contributed by atoms with E-state index >= 15 is 0 Å². The third-order valence-electron chi connectivity index (χ3n) is 2.60. The van der Waals surface area contributed by atoms with Crippen LogP contribution in [0, 0.1) is 5.92 Å². The Kier molecular flexibility index (Phi) is 5.60. The molecule has 0 radical (unpaired) electrons. The highest BCUT2D eigenvalue weighted by Gasteiger charge is 2.13. The highest BCUT2D eigenvalue weighted by atomic mass is 16.6. The van der Waals surface area contributed by atoms with Crippen LogP contribution in [-0.2, 0) is 14.3 Å². The molecule has 1 rings (SSSR count). The molecule has 0 aromatic carbocycles. The Hall–Kier alpha value is -0.570. The number of ether oxygens (including phenoxy) is 2. The van der Waals surface area contributed by atoms with E-state index in [0.29, 0.717) is 12.5 Å². The minimum atomic E-state index is -0.247. The standard InChI is InChI=1S/C11H20O3/c1-2-14-11(12)9-13-8-10-6-4-3-5-7-10/h10H,2-9H2,1H3. The number of rotatable bonds is 5. The largest absolute Gasteiger partial charge is 0.464 e. The van der Waals surface area contributed by atoms with Gasteiger partial charge in [-0.2, -0.15) is 0 Å². The van der Waals surface area contributed by atoms with Gasteiger partial charge in [0.25, 0.3) is 0 Å². The summed E-state index contributed by atoms with van der Waals surface area (Å²) >= 11 is 0. The average molecular weight is 200 g/mol. The summed E-state index contributed by atoms with van der Waals surface area (Å²) in [6.07, 6.45) is 6.49. The lowest BCUT2D eigenvalue weighted by molar-refractivity contribution is -0.149. The van der Waals surface area contributed by atoms with Gasteiger partial charge >= 0.3 is 5.97 Å². The van der Waals surface area contributed by atoms with Gasteiger partial charge in [-0.1, -0.05) is 19.3 Å². The van der Waals surface area contributed by atoms with E-state index < -0.39 is 0 Å². The van der Waals surface area contributed by atoms with Crippen molar-refractivity contribution in [2.75, 3.05) is 19.8 Å². The van der Waals surface area contributed by atoms with Gasteiger partial charge in [0.15, 0.2) is 0 Å². The Morgan fingerprint density at radius 3 is 2.64 bits per heavy atom. The van der Waals surface area contributed by atoms with Gasteiger partial charge in [-0.05, 0) is 25.7 Å². The zero-order chi connectivity index (χ0) is 10.2. The van der Waals surface area contributed by atoms with Gasteiger partial charge in [0.1, 0.15) is 6.61 Å². The second-order valence-corrected chi connectivity index (χ2v) is 3.82. The van der Waals surface area contributed by atoms with Crippen molar-refractivity contribution in [2.24, 2.45) is 5.92 Å². The van der Waals surface area contributed by atoms with E-state index in [1.165, 1.54) is 32.1 Å². The minimum absolute atomic E-state index is 0.115. The van der Waals surface area contributed by atoms with E-state index in [4.69, 9.17) is 9.47 Å². The number of carbonyl (C=O) groups excluding carboxylic acids is 1. The van der Waals surface area contributed by atoms with Crippen LogP contribution in [0.2, 0.25) is 0 Å². The molecule has 3 nitrogen and oxygen atoms in total. The molecule has 0 N–H and O–H groups in total. The van der Waals surface area contributed by atoms with Crippen LogP contribution in [0.3, 0.4) is 0 Å². The van der Waals surface area contributed by atoms with Crippen LogP contribution in [0.4, 0.5) is 0 Å². The topological polar surface area (TPSA) is 35.5 Å². The number of carbonyl (C=O) groups is 1. The van der Waals surface area contributed by atoms with Crippen LogP contribution < -0.4 is 0 Å². The predicted octanol–water partition coefficient (Wildman–Crippen LogP) is 2.15. The van der Waals surface area contributed by atoms with Gasteiger partial charge < -0.3 is 9.47 Å². The van der Waals surface area contributed by atoms with Gasteiger partial charge in [0.05, 0.1) is 13.2 Å². The van der Waals surface area contributed by atoms with Gasteiger partial charge in [-0.15, -0.1) is 0 Å². The molecule has 3 heteroatoms. The Bertz CT molecular complexity index is 162. The lowest BCUT2D eigenvalue weighted by Gasteiger charge is -2.20.